The average Bonchev–Trinajstić information content (AvgIpc) is 1.87. The highest BCUT2D eigenvalue weighted by Crippen LogP contribution is 1.93. The van der Waals surface area contributed by atoms with E-state index in [1.54, 1.807) is 0 Å². The summed E-state index contributed by atoms with van der Waals surface area (Å²) >= 11 is 0. The highest BCUT2D eigenvalue weighted by atomic mass is 14.8. The van der Waals surface area contributed by atoms with Gasteiger partial charge in [0.05, 0.1) is 0 Å². The molecule has 0 bridgehead atoms. The smallest absolute Gasteiger partial charge is 0.00144 e. The SMILES string of the molecule is CCNCCC=CC(C)C. The molecule has 60 valence electrons. The predicted octanol–water partition coefficient (Wildman–Crippen LogP) is 2.20. The maximum absolute atomic E-state index is 3.27. The molecule has 0 aliphatic carbocycles. The molecule has 1 N–H and O–H groups in total. The minimum Gasteiger partial charge on any atom is -0.317 e. The Hall–Kier alpha value is -0.300. The molecule has 0 aromatic carbocycles. The average molecular weight is 141 g/mol. The third-order valence-corrected chi connectivity index (χ3v) is 1.26. The van der Waals surface area contributed by atoms with Crippen molar-refractivity contribution in [3.05, 3.63) is 12.2 Å². The fraction of sp³-hybridized carbons (Fsp3) is 0.778. The Labute approximate surface area is 64.5 Å². The van der Waals surface area contributed by atoms with Crippen molar-refractivity contribution in [3.8, 4) is 0 Å². The van der Waals surface area contributed by atoms with E-state index in [1.165, 1.54) is 0 Å². The molecule has 0 spiro atoms. The first-order valence-corrected chi connectivity index (χ1v) is 4.14. The van der Waals surface area contributed by atoms with Gasteiger partial charge in [-0.3, -0.25) is 0 Å². The Morgan fingerprint density at radius 1 is 1.40 bits per heavy atom. The van der Waals surface area contributed by atoms with Gasteiger partial charge in [0, 0.05) is 0 Å². The lowest BCUT2D eigenvalue weighted by atomic mass is 10.2. The van der Waals surface area contributed by atoms with Crippen molar-refractivity contribution in [2.24, 2.45) is 5.92 Å². The van der Waals surface area contributed by atoms with E-state index in [4.69, 9.17) is 0 Å². The zero-order valence-electron chi connectivity index (χ0n) is 7.35. The molecule has 0 atom stereocenters. The van der Waals surface area contributed by atoms with Crippen LogP contribution in [0.5, 0.6) is 0 Å². The molecule has 0 fully saturated rings. The number of hydrogen-bond donors (Lipinski definition) is 1. The maximum atomic E-state index is 3.27. The second-order valence-corrected chi connectivity index (χ2v) is 2.81. The van der Waals surface area contributed by atoms with Crippen LogP contribution in [0.1, 0.15) is 27.2 Å². The minimum absolute atomic E-state index is 0.696. The first-order chi connectivity index (χ1) is 4.77. The Morgan fingerprint density at radius 3 is 2.60 bits per heavy atom. The van der Waals surface area contributed by atoms with E-state index in [2.05, 4.69) is 38.2 Å². The molecule has 0 saturated carbocycles. The van der Waals surface area contributed by atoms with Crippen molar-refractivity contribution in [1.82, 2.24) is 5.32 Å². The molecule has 0 radical (unpaired) electrons. The lowest BCUT2D eigenvalue weighted by Crippen LogP contribution is -2.12. The standard InChI is InChI=1S/C9H19N/c1-4-10-8-6-5-7-9(2)3/h5,7,9-10H,4,6,8H2,1-3H3. The van der Waals surface area contributed by atoms with Gasteiger partial charge < -0.3 is 5.32 Å². The molecule has 0 aromatic heterocycles. The monoisotopic (exact) mass is 141 g/mol. The molecular formula is C9H19N. The molecule has 0 rings (SSSR count). The van der Waals surface area contributed by atoms with Crippen molar-refractivity contribution in [2.45, 2.75) is 27.2 Å². The topological polar surface area (TPSA) is 12.0 Å². The molecule has 0 aromatic rings. The minimum atomic E-state index is 0.696. The lowest BCUT2D eigenvalue weighted by molar-refractivity contribution is 0.721. The first-order valence-electron chi connectivity index (χ1n) is 4.14. The summed E-state index contributed by atoms with van der Waals surface area (Å²) in [6.45, 7) is 8.72. The summed E-state index contributed by atoms with van der Waals surface area (Å²) in [7, 11) is 0. The van der Waals surface area contributed by atoms with Crippen LogP contribution in [-0.4, -0.2) is 13.1 Å². The summed E-state index contributed by atoms with van der Waals surface area (Å²) in [4.78, 5) is 0. The summed E-state index contributed by atoms with van der Waals surface area (Å²) in [5, 5.41) is 3.27. The van der Waals surface area contributed by atoms with E-state index in [1.807, 2.05) is 0 Å². The molecule has 0 aliphatic heterocycles. The van der Waals surface area contributed by atoms with E-state index in [0.717, 1.165) is 19.5 Å². The summed E-state index contributed by atoms with van der Waals surface area (Å²) in [6.07, 6.45) is 5.65. The van der Waals surface area contributed by atoms with Gasteiger partial charge in [0.15, 0.2) is 0 Å². The highest BCUT2D eigenvalue weighted by Gasteiger charge is 1.82. The molecule has 0 amide bonds. The molecule has 0 heterocycles. The van der Waals surface area contributed by atoms with E-state index >= 15 is 0 Å². The van der Waals surface area contributed by atoms with Gasteiger partial charge in [-0.1, -0.05) is 32.9 Å². The van der Waals surface area contributed by atoms with Gasteiger partial charge in [-0.2, -0.15) is 0 Å². The Kier molecular flexibility index (Phi) is 6.61. The largest absolute Gasteiger partial charge is 0.317 e. The third kappa shape index (κ3) is 7.70. The third-order valence-electron chi connectivity index (χ3n) is 1.26. The fourth-order valence-electron chi connectivity index (χ4n) is 0.731. The second kappa shape index (κ2) is 6.81. The van der Waals surface area contributed by atoms with Crippen LogP contribution in [-0.2, 0) is 0 Å². The van der Waals surface area contributed by atoms with Gasteiger partial charge in [0.2, 0.25) is 0 Å². The summed E-state index contributed by atoms with van der Waals surface area (Å²) in [5.74, 6) is 0.696. The van der Waals surface area contributed by atoms with Crippen LogP contribution in [0.4, 0.5) is 0 Å². The highest BCUT2D eigenvalue weighted by molar-refractivity contribution is 4.84. The number of allylic oxidation sites excluding steroid dienone is 1. The lowest BCUT2D eigenvalue weighted by Gasteiger charge is -1.96. The molecule has 0 saturated heterocycles. The van der Waals surface area contributed by atoms with E-state index in [0.29, 0.717) is 5.92 Å². The van der Waals surface area contributed by atoms with Gasteiger partial charge in [-0.15, -0.1) is 0 Å². The molecule has 1 nitrogen and oxygen atoms in total. The van der Waals surface area contributed by atoms with Crippen LogP contribution in [0.3, 0.4) is 0 Å². The summed E-state index contributed by atoms with van der Waals surface area (Å²) in [6, 6.07) is 0. The van der Waals surface area contributed by atoms with Crippen molar-refractivity contribution < 1.29 is 0 Å². The molecular weight excluding hydrogens is 122 g/mol. The normalized spacial score (nSPS) is 11.6. The van der Waals surface area contributed by atoms with E-state index < -0.39 is 0 Å². The molecule has 1 heteroatoms. The van der Waals surface area contributed by atoms with Gasteiger partial charge in [-0.25, -0.2) is 0 Å². The van der Waals surface area contributed by atoms with Crippen molar-refractivity contribution in [1.29, 1.82) is 0 Å². The Balaban J connectivity index is 3.02. The van der Waals surface area contributed by atoms with Crippen LogP contribution in [0.25, 0.3) is 0 Å². The van der Waals surface area contributed by atoms with Gasteiger partial charge in [0.1, 0.15) is 0 Å². The molecule has 0 unspecified atom stereocenters. The van der Waals surface area contributed by atoms with Gasteiger partial charge in [0.25, 0.3) is 0 Å². The number of nitrogens with one attached hydrogen (secondary N) is 1. The Bertz CT molecular complexity index is 84.7. The number of hydrogen-bond acceptors (Lipinski definition) is 1. The van der Waals surface area contributed by atoms with Crippen LogP contribution < -0.4 is 5.32 Å². The maximum Gasteiger partial charge on any atom is -0.00144 e. The number of rotatable bonds is 5. The van der Waals surface area contributed by atoms with Gasteiger partial charge >= 0.3 is 0 Å². The fourth-order valence-corrected chi connectivity index (χ4v) is 0.731. The van der Waals surface area contributed by atoms with Crippen molar-refractivity contribution >= 4 is 0 Å². The van der Waals surface area contributed by atoms with E-state index in [9.17, 15) is 0 Å². The zero-order valence-corrected chi connectivity index (χ0v) is 7.35. The summed E-state index contributed by atoms with van der Waals surface area (Å²) < 4.78 is 0. The van der Waals surface area contributed by atoms with E-state index in [-0.39, 0.29) is 0 Å². The van der Waals surface area contributed by atoms with Gasteiger partial charge in [-0.05, 0) is 25.4 Å². The van der Waals surface area contributed by atoms with Crippen molar-refractivity contribution in [2.75, 3.05) is 13.1 Å². The van der Waals surface area contributed by atoms with Crippen LogP contribution in [0.15, 0.2) is 12.2 Å². The van der Waals surface area contributed by atoms with Crippen LogP contribution in [0, 0.1) is 5.92 Å². The molecule has 10 heavy (non-hydrogen) atoms. The van der Waals surface area contributed by atoms with Crippen LogP contribution >= 0.6 is 0 Å². The van der Waals surface area contributed by atoms with Crippen molar-refractivity contribution in [3.63, 3.8) is 0 Å². The second-order valence-electron chi connectivity index (χ2n) is 2.81. The summed E-state index contributed by atoms with van der Waals surface area (Å²) in [5.41, 5.74) is 0. The predicted molar refractivity (Wildman–Crippen MR) is 47.1 cm³/mol. The van der Waals surface area contributed by atoms with Crippen LogP contribution in [0.2, 0.25) is 0 Å². The first kappa shape index (κ1) is 9.70. The zero-order chi connectivity index (χ0) is 7.82. The molecule has 0 aliphatic rings. The quantitative estimate of drug-likeness (QED) is 0.457. The Morgan fingerprint density at radius 2 is 2.10 bits per heavy atom.